The molecule has 0 bridgehead atoms. The van der Waals surface area contributed by atoms with Crippen LogP contribution >= 0.6 is 0 Å². The van der Waals surface area contributed by atoms with E-state index < -0.39 is 0 Å². The highest BCUT2D eigenvalue weighted by atomic mass is 16.1. The van der Waals surface area contributed by atoms with Crippen LogP contribution in [0.1, 0.15) is 41.3 Å². The lowest BCUT2D eigenvalue weighted by atomic mass is 10.1. The highest BCUT2D eigenvalue weighted by Crippen LogP contribution is 2.11. The molecule has 1 heterocycles. The van der Waals surface area contributed by atoms with E-state index in [9.17, 15) is 4.79 Å². The topological polar surface area (TPSA) is 90.7 Å². The molecule has 0 fully saturated rings. The van der Waals surface area contributed by atoms with E-state index in [1.807, 2.05) is 12.1 Å². The van der Waals surface area contributed by atoms with Crippen molar-refractivity contribution in [3.05, 3.63) is 53.2 Å². The number of aromatic nitrogens is 2. The van der Waals surface area contributed by atoms with E-state index in [1.54, 1.807) is 18.2 Å². The first-order valence-corrected chi connectivity index (χ1v) is 7.57. The number of nitrogens with zero attached hydrogens (tertiary/aromatic N) is 3. The molecule has 1 aromatic carbocycles. The molecule has 23 heavy (non-hydrogen) atoms. The molecule has 0 aliphatic heterocycles. The predicted octanol–water partition coefficient (Wildman–Crippen LogP) is 2.49. The average molecular weight is 309 g/mol. The molecule has 2 N–H and O–H groups in total. The van der Waals surface area contributed by atoms with Gasteiger partial charge in [0.05, 0.1) is 11.8 Å². The first-order valence-electron chi connectivity index (χ1n) is 7.57. The van der Waals surface area contributed by atoms with E-state index in [1.165, 1.54) is 6.20 Å². The maximum Gasteiger partial charge on any atom is 0.251 e. The van der Waals surface area contributed by atoms with Gasteiger partial charge in [-0.05, 0) is 30.2 Å². The van der Waals surface area contributed by atoms with E-state index in [4.69, 9.17) is 5.26 Å². The summed E-state index contributed by atoms with van der Waals surface area (Å²) in [4.78, 5) is 11.9. The number of nitriles is 1. The molecular formula is C17H19N5O. The van der Waals surface area contributed by atoms with E-state index >= 15 is 0 Å². The Morgan fingerprint density at radius 2 is 2.04 bits per heavy atom. The van der Waals surface area contributed by atoms with Gasteiger partial charge in [0.2, 0.25) is 0 Å². The predicted molar refractivity (Wildman–Crippen MR) is 87.8 cm³/mol. The highest BCUT2D eigenvalue weighted by Gasteiger charge is 2.06. The maximum atomic E-state index is 11.9. The Kier molecular flexibility index (Phi) is 6.07. The van der Waals surface area contributed by atoms with Crippen LogP contribution in [-0.2, 0) is 6.54 Å². The van der Waals surface area contributed by atoms with Crippen LogP contribution in [0.3, 0.4) is 0 Å². The molecule has 1 amide bonds. The molecule has 0 atom stereocenters. The summed E-state index contributed by atoms with van der Waals surface area (Å²) in [6.45, 7) is 3.29. The summed E-state index contributed by atoms with van der Waals surface area (Å²) in [6.07, 6.45) is 3.51. The zero-order valence-electron chi connectivity index (χ0n) is 13.0. The summed E-state index contributed by atoms with van der Waals surface area (Å²) in [5.74, 6) is 0.398. The highest BCUT2D eigenvalue weighted by molar-refractivity contribution is 5.94. The zero-order valence-corrected chi connectivity index (χ0v) is 13.0. The van der Waals surface area contributed by atoms with E-state index in [-0.39, 0.29) is 5.91 Å². The number of anilines is 1. The van der Waals surface area contributed by atoms with Crippen LogP contribution < -0.4 is 10.6 Å². The SMILES string of the molecule is CCCCNC(=O)c1ccc(CNc2nnccc2C#N)cc1. The molecule has 0 spiro atoms. The van der Waals surface area contributed by atoms with Crippen molar-refractivity contribution in [1.29, 1.82) is 5.26 Å². The van der Waals surface area contributed by atoms with Gasteiger partial charge >= 0.3 is 0 Å². The van der Waals surface area contributed by atoms with E-state index in [2.05, 4.69) is 33.8 Å². The Labute approximate surface area is 135 Å². The van der Waals surface area contributed by atoms with E-state index in [0.29, 0.717) is 30.0 Å². The lowest BCUT2D eigenvalue weighted by molar-refractivity contribution is 0.0953. The first kappa shape index (κ1) is 16.4. The summed E-state index contributed by atoms with van der Waals surface area (Å²) in [7, 11) is 0. The second kappa shape index (κ2) is 8.49. The maximum absolute atomic E-state index is 11.9. The van der Waals surface area contributed by atoms with Crippen LogP contribution in [0.5, 0.6) is 0 Å². The number of carbonyl (C=O) groups excluding carboxylic acids is 1. The summed E-state index contributed by atoms with van der Waals surface area (Å²) >= 11 is 0. The van der Waals surface area contributed by atoms with Gasteiger partial charge in [0.25, 0.3) is 5.91 Å². The van der Waals surface area contributed by atoms with Crippen molar-refractivity contribution in [3.8, 4) is 6.07 Å². The first-order chi connectivity index (χ1) is 11.2. The van der Waals surface area contributed by atoms with Crippen molar-refractivity contribution in [3.63, 3.8) is 0 Å². The van der Waals surface area contributed by atoms with Crippen LogP contribution in [0, 0.1) is 11.3 Å². The third kappa shape index (κ3) is 4.78. The molecule has 0 saturated heterocycles. The van der Waals surface area contributed by atoms with Gasteiger partial charge < -0.3 is 10.6 Å². The molecule has 1 aromatic heterocycles. The van der Waals surface area contributed by atoms with Gasteiger partial charge in [0, 0.05) is 18.7 Å². The lowest BCUT2D eigenvalue weighted by Gasteiger charge is -2.08. The van der Waals surface area contributed by atoms with Gasteiger partial charge in [-0.3, -0.25) is 4.79 Å². The lowest BCUT2D eigenvalue weighted by Crippen LogP contribution is -2.24. The molecule has 2 aromatic rings. The zero-order chi connectivity index (χ0) is 16.5. The van der Waals surface area contributed by atoms with Crippen molar-refractivity contribution in [1.82, 2.24) is 15.5 Å². The quantitative estimate of drug-likeness (QED) is 0.767. The third-order valence-electron chi connectivity index (χ3n) is 3.33. The van der Waals surface area contributed by atoms with Crippen LogP contribution in [0.15, 0.2) is 36.5 Å². The normalized spacial score (nSPS) is 9.91. The molecule has 0 radical (unpaired) electrons. The summed E-state index contributed by atoms with van der Waals surface area (Å²) < 4.78 is 0. The van der Waals surface area contributed by atoms with Crippen LogP contribution in [0.4, 0.5) is 5.82 Å². The van der Waals surface area contributed by atoms with Gasteiger partial charge in [-0.15, -0.1) is 5.10 Å². The Morgan fingerprint density at radius 3 is 2.74 bits per heavy atom. The third-order valence-corrected chi connectivity index (χ3v) is 3.33. The standard InChI is InChI=1S/C17H19N5O/c1-2-3-9-19-17(23)14-6-4-13(5-7-14)12-20-16-15(11-18)8-10-21-22-16/h4-8,10H,2-3,9,12H2,1H3,(H,19,23)(H,20,22). The van der Waals surface area contributed by atoms with Gasteiger partial charge in [0.1, 0.15) is 6.07 Å². The number of unbranched alkanes of at least 4 members (excludes halogenated alkanes) is 1. The van der Waals surface area contributed by atoms with E-state index in [0.717, 1.165) is 18.4 Å². The minimum atomic E-state index is -0.0568. The van der Waals surface area contributed by atoms with Crippen LogP contribution in [0.25, 0.3) is 0 Å². The summed E-state index contributed by atoms with van der Waals surface area (Å²) in [5, 5.41) is 22.6. The minimum Gasteiger partial charge on any atom is -0.363 e. The average Bonchev–Trinajstić information content (AvgIpc) is 2.60. The number of hydrogen-bond donors (Lipinski definition) is 2. The van der Waals surface area contributed by atoms with Gasteiger partial charge in [-0.1, -0.05) is 25.5 Å². The number of benzene rings is 1. The molecule has 2 rings (SSSR count). The number of nitrogens with one attached hydrogen (secondary N) is 2. The molecule has 0 saturated carbocycles. The molecule has 6 nitrogen and oxygen atoms in total. The second-order valence-electron chi connectivity index (χ2n) is 5.07. The minimum absolute atomic E-state index is 0.0568. The summed E-state index contributed by atoms with van der Waals surface area (Å²) in [5.41, 5.74) is 2.08. The smallest absolute Gasteiger partial charge is 0.251 e. The molecule has 0 aliphatic rings. The number of hydrogen-bond acceptors (Lipinski definition) is 5. The van der Waals surface area contributed by atoms with Crippen LogP contribution in [-0.4, -0.2) is 22.6 Å². The van der Waals surface area contributed by atoms with Gasteiger partial charge in [0.15, 0.2) is 5.82 Å². The molecule has 118 valence electrons. The fraction of sp³-hybridized carbons (Fsp3) is 0.294. The van der Waals surface area contributed by atoms with Gasteiger partial charge in [-0.25, -0.2) is 0 Å². The van der Waals surface area contributed by atoms with Crippen molar-refractivity contribution < 1.29 is 4.79 Å². The Balaban J connectivity index is 1.92. The molecular weight excluding hydrogens is 290 g/mol. The Bertz CT molecular complexity index is 691. The fourth-order valence-electron chi connectivity index (χ4n) is 1.99. The number of rotatable bonds is 7. The summed E-state index contributed by atoms with van der Waals surface area (Å²) in [6, 6.07) is 11.0. The Morgan fingerprint density at radius 1 is 1.26 bits per heavy atom. The van der Waals surface area contributed by atoms with Crippen molar-refractivity contribution >= 4 is 11.7 Å². The Hall–Kier alpha value is -2.94. The van der Waals surface area contributed by atoms with Crippen molar-refractivity contribution in [2.24, 2.45) is 0 Å². The number of amides is 1. The monoisotopic (exact) mass is 309 g/mol. The van der Waals surface area contributed by atoms with Crippen LogP contribution in [0.2, 0.25) is 0 Å². The molecule has 0 unspecified atom stereocenters. The largest absolute Gasteiger partial charge is 0.363 e. The second-order valence-corrected chi connectivity index (χ2v) is 5.07. The fourth-order valence-corrected chi connectivity index (χ4v) is 1.99. The molecule has 6 heteroatoms. The van der Waals surface area contributed by atoms with Gasteiger partial charge in [-0.2, -0.15) is 10.4 Å². The molecule has 0 aliphatic carbocycles. The number of carbonyl (C=O) groups is 1. The van der Waals surface area contributed by atoms with Crippen molar-refractivity contribution in [2.45, 2.75) is 26.3 Å². The van der Waals surface area contributed by atoms with Crippen molar-refractivity contribution in [2.75, 3.05) is 11.9 Å².